The van der Waals surface area contributed by atoms with Crippen molar-refractivity contribution < 1.29 is 12.6 Å². The van der Waals surface area contributed by atoms with E-state index in [9.17, 15) is 8.42 Å². The van der Waals surface area contributed by atoms with Crippen molar-refractivity contribution in [3.8, 4) is 0 Å². The SMILES string of the molecule is Cc1ccccc1S(=O)(=O)OC(C)C(C)C. The molecule has 0 bridgehead atoms. The molecule has 0 aliphatic carbocycles. The van der Waals surface area contributed by atoms with Crippen molar-refractivity contribution in [3.63, 3.8) is 0 Å². The Hall–Kier alpha value is -0.870. The Bertz CT molecular complexity index is 449. The molecule has 1 unspecified atom stereocenters. The standard InChI is InChI=1S/C12H18O3S/c1-9(2)11(4)15-16(13,14)12-8-6-5-7-10(12)3/h5-9,11H,1-4H3. The van der Waals surface area contributed by atoms with Crippen LogP contribution in [0, 0.1) is 12.8 Å². The average molecular weight is 242 g/mol. The molecule has 1 atom stereocenters. The van der Waals surface area contributed by atoms with Gasteiger partial charge in [0.2, 0.25) is 0 Å². The first-order chi connectivity index (χ1) is 7.34. The molecule has 4 heteroatoms. The number of rotatable bonds is 4. The highest BCUT2D eigenvalue weighted by atomic mass is 32.2. The summed E-state index contributed by atoms with van der Waals surface area (Å²) in [5, 5.41) is 0. The van der Waals surface area contributed by atoms with Crippen molar-refractivity contribution in [3.05, 3.63) is 29.8 Å². The predicted octanol–water partition coefficient (Wildman–Crippen LogP) is 2.74. The highest BCUT2D eigenvalue weighted by Crippen LogP contribution is 2.20. The molecule has 0 aliphatic heterocycles. The molecule has 0 N–H and O–H groups in total. The fraction of sp³-hybridized carbons (Fsp3) is 0.500. The van der Waals surface area contributed by atoms with Crippen molar-refractivity contribution in [1.82, 2.24) is 0 Å². The Morgan fingerprint density at radius 3 is 2.19 bits per heavy atom. The molecule has 1 aromatic carbocycles. The molecular weight excluding hydrogens is 224 g/mol. The molecule has 0 saturated heterocycles. The average Bonchev–Trinajstić information content (AvgIpc) is 2.17. The number of hydrogen-bond donors (Lipinski definition) is 0. The van der Waals surface area contributed by atoms with Gasteiger partial charge in [-0.1, -0.05) is 32.0 Å². The normalized spacial score (nSPS) is 14.1. The zero-order chi connectivity index (χ0) is 12.3. The Morgan fingerprint density at radius 1 is 1.12 bits per heavy atom. The lowest BCUT2D eigenvalue weighted by Crippen LogP contribution is -2.21. The highest BCUT2D eigenvalue weighted by molar-refractivity contribution is 7.86. The molecule has 1 aromatic rings. The van der Waals surface area contributed by atoms with E-state index in [1.165, 1.54) is 0 Å². The lowest BCUT2D eigenvalue weighted by Gasteiger charge is -2.16. The summed E-state index contributed by atoms with van der Waals surface area (Å²) in [5.74, 6) is 0.166. The van der Waals surface area contributed by atoms with Crippen LogP contribution in [0.4, 0.5) is 0 Å². The van der Waals surface area contributed by atoms with Gasteiger partial charge >= 0.3 is 0 Å². The third-order valence-electron chi connectivity index (χ3n) is 2.58. The Kier molecular flexibility index (Phi) is 4.10. The maximum atomic E-state index is 11.9. The minimum atomic E-state index is -3.64. The van der Waals surface area contributed by atoms with Gasteiger partial charge in [0.05, 0.1) is 11.0 Å². The number of benzene rings is 1. The summed E-state index contributed by atoms with van der Waals surface area (Å²) >= 11 is 0. The third kappa shape index (κ3) is 3.06. The Labute approximate surface area is 97.6 Å². The van der Waals surface area contributed by atoms with Crippen LogP contribution in [0.1, 0.15) is 26.3 Å². The molecule has 0 aliphatic rings. The van der Waals surface area contributed by atoms with E-state index in [-0.39, 0.29) is 16.9 Å². The predicted molar refractivity (Wildman–Crippen MR) is 63.7 cm³/mol. The second-order valence-electron chi connectivity index (χ2n) is 4.26. The van der Waals surface area contributed by atoms with Gasteiger partial charge in [0.1, 0.15) is 0 Å². The summed E-state index contributed by atoms with van der Waals surface area (Å²) < 4.78 is 29.0. The van der Waals surface area contributed by atoms with E-state index in [1.807, 2.05) is 13.8 Å². The van der Waals surface area contributed by atoms with Gasteiger partial charge in [-0.15, -0.1) is 0 Å². The van der Waals surface area contributed by atoms with Gasteiger partial charge in [-0.25, -0.2) is 0 Å². The van der Waals surface area contributed by atoms with Gasteiger partial charge < -0.3 is 0 Å². The quantitative estimate of drug-likeness (QED) is 0.762. The van der Waals surface area contributed by atoms with E-state index in [1.54, 1.807) is 38.1 Å². The van der Waals surface area contributed by atoms with Crippen molar-refractivity contribution >= 4 is 10.1 Å². The van der Waals surface area contributed by atoms with Crippen LogP contribution in [0.2, 0.25) is 0 Å². The summed E-state index contributed by atoms with van der Waals surface area (Å²) in [4.78, 5) is 0.252. The maximum Gasteiger partial charge on any atom is 0.297 e. The smallest absolute Gasteiger partial charge is 0.263 e. The lowest BCUT2D eigenvalue weighted by atomic mass is 10.1. The highest BCUT2D eigenvalue weighted by Gasteiger charge is 2.22. The van der Waals surface area contributed by atoms with Crippen molar-refractivity contribution in [2.45, 2.75) is 38.7 Å². The van der Waals surface area contributed by atoms with E-state index in [4.69, 9.17) is 4.18 Å². The molecule has 90 valence electrons. The summed E-state index contributed by atoms with van der Waals surface area (Å²) in [7, 11) is -3.64. The lowest BCUT2D eigenvalue weighted by molar-refractivity contribution is 0.178. The third-order valence-corrected chi connectivity index (χ3v) is 4.13. The number of hydrogen-bond acceptors (Lipinski definition) is 3. The van der Waals surface area contributed by atoms with Crippen LogP contribution < -0.4 is 0 Å². The zero-order valence-electron chi connectivity index (χ0n) is 10.1. The van der Waals surface area contributed by atoms with Gasteiger partial charge in [0.15, 0.2) is 0 Å². The van der Waals surface area contributed by atoms with Crippen molar-refractivity contribution in [2.24, 2.45) is 5.92 Å². The van der Waals surface area contributed by atoms with Crippen LogP contribution >= 0.6 is 0 Å². The molecule has 0 radical (unpaired) electrons. The molecule has 0 spiro atoms. The molecular formula is C12H18O3S. The maximum absolute atomic E-state index is 11.9. The summed E-state index contributed by atoms with van der Waals surface area (Å²) in [6.45, 7) is 7.38. The first kappa shape index (κ1) is 13.2. The molecule has 0 amide bonds. The van der Waals surface area contributed by atoms with Gasteiger partial charge in [0.25, 0.3) is 10.1 Å². The van der Waals surface area contributed by atoms with E-state index >= 15 is 0 Å². The van der Waals surface area contributed by atoms with Crippen LogP contribution in [0.5, 0.6) is 0 Å². The topological polar surface area (TPSA) is 43.4 Å². The minimum Gasteiger partial charge on any atom is -0.263 e. The molecule has 1 rings (SSSR count). The molecule has 0 heterocycles. The zero-order valence-corrected chi connectivity index (χ0v) is 10.9. The van der Waals surface area contributed by atoms with E-state index in [0.29, 0.717) is 5.56 Å². The van der Waals surface area contributed by atoms with Gasteiger partial charge in [-0.3, -0.25) is 4.18 Å². The van der Waals surface area contributed by atoms with Crippen molar-refractivity contribution in [1.29, 1.82) is 0 Å². The molecule has 16 heavy (non-hydrogen) atoms. The largest absolute Gasteiger partial charge is 0.297 e. The van der Waals surface area contributed by atoms with E-state index in [0.717, 1.165) is 0 Å². The molecule has 3 nitrogen and oxygen atoms in total. The van der Waals surface area contributed by atoms with Crippen LogP contribution in [0.15, 0.2) is 29.2 Å². The molecule has 0 aromatic heterocycles. The second-order valence-corrected chi connectivity index (χ2v) is 5.81. The minimum absolute atomic E-state index is 0.166. The first-order valence-corrected chi connectivity index (χ1v) is 6.74. The van der Waals surface area contributed by atoms with Crippen LogP contribution in [-0.4, -0.2) is 14.5 Å². The van der Waals surface area contributed by atoms with Crippen molar-refractivity contribution in [2.75, 3.05) is 0 Å². The molecule has 0 saturated carbocycles. The summed E-state index contributed by atoms with van der Waals surface area (Å²) in [6, 6.07) is 6.83. The van der Waals surface area contributed by atoms with Gasteiger partial charge in [-0.05, 0) is 31.4 Å². The number of aryl methyl sites for hydroxylation is 1. The Morgan fingerprint density at radius 2 is 1.69 bits per heavy atom. The fourth-order valence-corrected chi connectivity index (χ4v) is 2.63. The van der Waals surface area contributed by atoms with E-state index < -0.39 is 10.1 Å². The van der Waals surface area contributed by atoms with Gasteiger partial charge in [-0.2, -0.15) is 8.42 Å². The van der Waals surface area contributed by atoms with Crippen LogP contribution in [-0.2, 0) is 14.3 Å². The van der Waals surface area contributed by atoms with Crippen LogP contribution in [0.3, 0.4) is 0 Å². The van der Waals surface area contributed by atoms with E-state index in [2.05, 4.69) is 0 Å². The first-order valence-electron chi connectivity index (χ1n) is 5.33. The Balaban J connectivity index is 3.00. The van der Waals surface area contributed by atoms with Crippen LogP contribution in [0.25, 0.3) is 0 Å². The summed E-state index contributed by atoms with van der Waals surface area (Å²) in [6.07, 6.45) is -0.315. The monoisotopic (exact) mass is 242 g/mol. The van der Waals surface area contributed by atoms with Gasteiger partial charge in [0, 0.05) is 0 Å². The fourth-order valence-electron chi connectivity index (χ4n) is 1.20. The summed E-state index contributed by atoms with van der Waals surface area (Å²) in [5.41, 5.74) is 0.707. The molecule has 0 fully saturated rings. The second kappa shape index (κ2) is 4.97.